The van der Waals surface area contributed by atoms with E-state index in [2.05, 4.69) is 74.1 Å². The molecule has 17 heavy (non-hydrogen) atoms. The smallest absolute Gasteiger partial charge is 0.192 e. The van der Waals surface area contributed by atoms with Gasteiger partial charge in [0.1, 0.15) is 0 Å². The molecule has 0 N–H and O–H groups in total. The van der Waals surface area contributed by atoms with E-state index in [9.17, 15) is 0 Å². The molecule has 0 saturated heterocycles. The maximum atomic E-state index is 6.43. The quantitative estimate of drug-likeness (QED) is 0.552. The second kappa shape index (κ2) is 5.68. The Morgan fingerprint density at radius 2 is 1.71 bits per heavy atom. The van der Waals surface area contributed by atoms with Crippen LogP contribution < -0.4 is 0 Å². The van der Waals surface area contributed by atoms with E-state index in [-0.39, 0.29) is 11.1 Å². The molecule has 3 heteroatoms. The molecule has 0 aliphatic heterocycles. The highest BCUT2D eigenvalue weighted by atomic mass is 79.9. The van der Waals surface area contributed by atoms with Gasteiger partial charge in [-0.15, -0.1) is 0 Å². The third-order valence-corrected chi connectivity index (χ3v) is 8.63. The van der Waals surface area contributed by atoms with Crippen molar-refractivity contribution in [3.8, 4) is 0 Å². The summed E-state index contributed by atoms with van der Waals surface area (Å²) in [4.78, 5) is 0. The van der Waals surface area contributed by atoms with Crippen molar-refractivity contribution in [2.24, 2.45) is 0 Å². The van der Waals surface area contributed by atoms with Gasteiger partial charge in [-0.05, 0) is 23.7 Å². The highest BCUT2D eigenvalue weighted by Crippen LogP contribution is 2.40. The van der Waals surface area contributed by atoms with E-state index in [4.69, 9.17) is 4.43 Å². The van der Waals surface area contributed by atoms with Crippen LogP contribution in [0.4, 0.5) is 0 Å². The summed E-state index contributed by atoms with van der Waals surface area (Å²) in [5.41, 5.74) is 1.26. The summed E-state index contributed by atoms with van der Waals surface area (Å²) < 4.78 is 6.43. The maximum Gasteiger partial charge on any atom is 0.192 e. The van der Waals surface area contributed by atoms with E-state index in [0.717, 1.165) is 5.33 Å². The molecule has 0 bridgehead atoms. The Bertz CT molecular complexity index is 343. The topological polar surface area (TPSA) is 9.23 Å². The van der Waals surface area contributed by atoms with Crippen molar-refractivity contribution in [1.29, 1.82) is 0 Å². The molecule has 0 aromatic heterocycles. The first-order valence-electron chi connectivity index (χ1n) is 6.06. The molecule has 0 aliphatic rings. The van der Waals surface area contributed by atoms with Gasteiger partial charge in [0.15, 0.2) is 8.32 Å². The maximum absolute atomic E-state index is 6.43. The minimum absolute atomic E-state index is 0.164. The number of benzene rings is 1. The van der Waals surface area contributed by atoms with Crippen LogP contribution in [0.3, 0.4) is 0 Å². The fourth-order valence-corrected chi connectivity index (χ4v) is 3.42. The molecule has 0 aliphatic carbocycles. The first-order valence-corrected chi connectivity index (χ1v) is 10.1. The normalized spacial score (nSPS) is 14.7. The molecule has 0 saturated carbocycles. The van der Waals surface area contributed by atoms with Crippen LogP contribution in [0.5, 0.6) is 0 Å². The monoisotopic (exact) mass is 314 g/mol. The summed E-state index contributed by atoms with van der Waals surface area (Å²) in [6, 6.07) is 10.5. The largest absolute Gasteiger partial charge is 0.409 e. The molecular weight excluding hydrogens is 292 g/mol. The Labute approximate surface area is 115 Å². The zero-order chi connectivity index (χ0) is 13.1. The fraction of sp³-hybridized carbons (Fsp3) is 0.571. The third kappa shape index (κ3) is 3.93. The van der Waals surface area contributed by atoms with Crippen LogP contribution in [0.25, 0.3) is 0 Å². The Hall–Kier alpha value is -0.123. The van der Waals surface area contributed by atoms with Crippen LogP contribution in [-0.4, -0.2) is 13.6 Å². The molecule has 0 radical (unpaired) electrons. The van der Waals surface area contributed by atoms with Gasteiger partial charge in [0, 0.05) is 5.33 Å². The van der Waals surface area contributed by atoms with Crippen molar-refractivity contribution in [2.45, 2.75) is 45.0 Å². The van der Waals surface area contributed by atoms with Crippen molar-refractivity contribution >= 4 is 24.2 Å². The third-order valence-electron chi connectivity index (χ3n) is 3.55. The molecule has 0 fully saturated rings. The van der Waals surface area contributed by atoms with Crippen molar-refractivity contribution in [1.82, 2.24) is 0 Å². The zero-order valence-electron chi connectivity index (χ0n) is 11.5. The zero-order valence-corrected chi connectivity index (χ0v) is 14.0. The first kappa shape index (κ1) is 14.9. The minimum Gasteiger partial charge on any atom is -0.409 e. The Morgan fingerprint density at radius 3 is 2.12 bits per heavy atom. The van der Waals surface area contributed by atoms with Gasteiger partial charge in [0.2, 0.25) is 0 Å². The van der Waals surface area contributed by atoms with Gasteiger partial charge >= 0.3 is 0 Å². The summed E-state index contributed by atoms with van der Waals surface area (Å²) in [7, 11) is -1.70. The van der Waals surface area contributed by atoms with Crippen LogP contribution in [0.1, 0.15) is 32.4 Å². The highest BCUT2D eigenvalue weighted by Gasteiger charge is 2.39. The lowest BCUT2D eigenvalue weighted by Crippen LogP contribution is -2.42. The van der Waals surface area contributed by atoms with E-state index >= 15 is 0 Å². The van der Waals surface area contributed by atoms with Gasteiger partial charge in [0.25, 0.3) is 0 Å². The molecular formula is C14H23BrOSi. The lowest BCUT2D eigenvalue weighted by molar-refractivity contribution is 0.208. The second-order valence-electron chi connectivity index (χ2n) is 5.93. The first-order chi connectivity index (χ1) is 7.78. The molecule has 0 spiro atoms. The molecule has 1 aromatic rings. The number of alkyl halides is 1. The van der Waals surface area contributed by atoms with Crippen molar-refractivity contribution < 1.29 is 4.43 Å². The van der Waals surface area contributed by atoms with Gasteiger partial charge in [0.05, 0.1) is 6.10 Å². The molecule has 1 atom stereocenters. The molecule has 0 heterocycles. The Kier molecular flexibility index (Phi) is 4.99. The summed E-state index contributed by atoms with van der Waals surface area (Å²) >= 11 is 3.57. The predicted octanol–water partition coefficient (Wildman–Crippen LogP) is 5.14. The molecule has 1 unspecified atom stereocenters. The van der Waals surface area contributed by atoms with Crippen molar-refractivity contribution in [2.75, 3.05) is 5.33 Å². The molecule has 0 amide bonds. The molecule has 1 rings (SSSR count). The van der Waals surface area contributed by atoms with E-state index < -0.39 is 8.32 Å². The van der Waals surface area contributed by atoms with Crippen molar-refractivity contribution in [3.63, 3.8) is 0 Å². The second-order valence-corrected chi connectivity index (χ2v) is 11.3. The van der Waals surface area contributed by atoms with Crippen LogP contribution >= 0.6 is 15.9 Å². The van der Waals surface area contributed by atoms with E-state index in [1.807, 2.05) is 6.07 Å². The van der Waals surface area contributed by atoms with Gasteiger partial charge in [-0.2, -0.15) is 0 Å². The molecule has 1 aromatic carbocycles. The van der Waals surface area contributed by atoms with Crippen LogP contribution in [0, 0.1) is 0 Å². The number of rotatable bonds is 4. The summed E-state index contributed by atoms with van der Waals surface area (Å²) in [5.74, 6) is 0. The summed E-state index contributed by atoms with van der Waals surface area (Å²) in [6.45, 7) is 11.4. The number of halogens is 1. The van der Waals surface area contributed by atoms with E-state index in [0.29, 0.717) is 0 Å². The average Bonchev–Trinajstić information content (AvgIpc) is 2.25. The average molecular weight is 315 g/mol. The van der Waals surface area contributed by atoms with E-state index in [1.54, 1.807) is 0 Å². The van der Waals surface area contributed by atoms with Crippen LogP contribution in [0.15, 0.2) is 30.3 Å². The molecule has 96 valence electrons. The summed E-state index contributed by atoms with van der Waals surface area (Å²) in [5, 5.41) is 1.10. The van der Waals surface area contributed by atoms with Crippen molar-refractivity contribution in [3.05, 3.63) is 35.9 Å². The lowest BCUT2D eigenvalue weighted by Gasteiger charge is -2.39. The standard InChI is InChI=1S/C14H23BrOSi/c1-14(2,3)17(4,5)16-13(11-15)12-9-7-6-8-10-12/h6-10,13H,11H2,1-5H3. The predicted molar refractivity (Wildman–Crippen MR) is 81.3 cm³/mol. The number of hydrogen-bond donors (Lipinski definition) is 0. The SMILES string of the molecule is CC(C)(C)[Si](C)(C)OC(CBr)c1ccccc1. The fourth-order valence-electron chi connectivity index (χ4n) is 1.39. The van der Waals surface area contributed by atoms with E-state index in [1.165, 1.54) is 5.56 Å². The Balaban J connectivity index is 2.85. The minimum atomic E-state index is -1.70. The Morgan fingerprint density at radius 1 is 1.18 bits per heavy atom. The van der Waals surface area contributed by atoms with Gasteiger partial charge in [-0.25, -0.2) is 0 Å². The van der Waals surface area contributed by atoms with Gasteiger partial charge < -0.3 is 4.43 Å². The molecule has 1 nitrogen and oxygen atoms in total. The highest BCUT2D eigenvalue weighted by molar-refractivity contribution is 9.09. The lowest BCUT2D eigenvalue weighted by atomic mass is 10.1. The van der Waals surface area contributed by atoms with Gasteiger partial charge in [-0.1, -0.05) is 67.0 Å². The van der Waals surface area contributed by atoms with Crippen LogP contribution in [0.2, 0.25) is 18.1 Å². The number of hydrogen-bond acceptors (Lipinski definition) is 1. The summed E-state index contributed by atoms with van der Waals surface area (Å²) in [6.07, 6.45) is 0.164. The van der Waals surface area contributed by atoms with Gasteiger partial charge in [-0.3, -0.25) is 0 Å². The van der Waals surface area contributed by atoms with Crippen LogP contribution in [-0.2, 0) is 4.43 Å².